The van der Waals surface area contributed by atoms with Crippen molar-refractivity contribution < 1.29 is 14.7 Å². The van der Waals surface area contributed by atoms with Crippen molar-refractivity contribution in [2.45, 2.75) is 32.1 Å². The van der Waals surface area contributed by atoms with Crippen LogP contribution >= 0.6 is 0 Å². The Balaban J connectivity index is 1.76. The van der Waals surface area contributed by atoms with Crippen LogP contribution in [0.25, 0.3) is 0 Å². The normalized spacial score (nSPS) is 18.0. The van der Waals surface area contributed by atoms with Crippen molar-refractivity contribution in [2.24, 2.45) is 5.92 Å². The average Bonchev–Trinajstić information content (AvgIpc) is 2.57. The smallest absolute Gasteiger partial charge is 0.224 e. The lowest BCUT2D eigenvalue weighted by Crippen LogP contribution is -2.46. The maximum atomic E-state index is 12.1. The van der Waals surface area contributed by atoms with E-state index >= 15 is 0 Å². The van der Waals surface area contributed by atoms with Crippen LogP contribution in [0.4, 0.5) is 0 Å². The van der Waals surface area contributed by atoms with Crippen molar-refractivity contribution in [1.82, 2.24) is 10.2 Å². The quantitative estimate of drug-likeness (QED) is 0.711. The molecule has 1 unspecified atom stereocenters. The van der Waals surface area contributed by atoms with Crippen LogP contribution in [0.5, 0.6) is 0 Å². The van der Waals surface area contributed by atoms with Crippen LogP contribution in [-0.4, -0.2) is 48.1 Å². The highest BCUT2D eigenvalue weighted by molar-refractivity contribution is 5.83. The fourth-order valence-corrected chi connectivity index (χ4v) is 2.90. The van der Waals surface area contributed by atoms with Gasteiger partial charge in [0.2, 0.25) is 11.8 Å². The van der Waals surface area contributed by atoms with Crippen molar-refractivity contribution in [3.8, 4) is 0 Å². The zero-order valence-corrected chi connectivity index (χ0v) is 13.5. The molecule has 1 atom stereocenters. The Morgan fingerprint density at radius 3 is 2.78 bits per heavy atom. The van der Waals surface area contributed by atoms with Gasteiger partial charge in [0.25, 0.3) is 0 Å². The summed E-state index contributed by atoms with van der Waals surface area (Å²) in [6.45, 7) is 1.79. The van der Waals surface area contributed by atoms with Crippen LogP contribution in [0.2, 0.25) is 0 Å². The maximum absolute atomic E-state index is 12.1. The monoisotopic (exact) mass is 318 g/mol. The van der Waals surface area contributed by atoms with Crippen molar-refractivity contribution in [1.29, 1.82) is 0 Å². The Bertz CT molecular complexity index is 504. The summed E-state index contributed by atoms with van der Waals surface area (Å²) in [5.74, 6) is 0.0274. The SMILES string of the molecule is O=C(NCCCO)C1CCC(=O)N(CCCc2ccccc2)C1. The average molecular weight is 318 g/mol. The number of likely N-dealkylation sites (tertiary alicyclic amines) is 1. The van der Waals surface area contributed by atoms with Gasteiger partial charge in [-0.2, -0.15) is 0 Å². The van der Waals surface area contributed by atoms with Gasteiger partial charge in [0.15, 0.2) is 0 Å². The number of nitrogens with zero attached hydrogens (tertiary/aromatic N) is 1. The minimum atomic E-state index is -0.122. The van der Waals surface area contributed by atoms with E-state index in [-0.39, 0.29) is 24.3 Å². The molecule has 5 heteroatoms. The lowest BCUT2D eigenvalue weighted by Gasteiger charge is -2.32. The molecular weight excluding hydrogens is 292 g/mol. The van der Waals surface area contributed by atoms with Gasteiger partial charge in [-0.15, -0.1) is 0 Å². The van der Waals surface area contributed by atoms with E-state index in [0.29, 0.717) is 38.9 Å². The highest BCUT2D eigenvalue weighted by Crippen LogP contribution is 2.18. The first-order valence-electron chi connectivity index (χ1n) is 8.41. The predicted molar refractivity (Wildman–Crippen MR) is 88.8 cm³/mol. The van der Waals surface area contributed by atoms with Gasteiger partial charge >= 0.3 is 0 Å². The predicted octanol–water partition coefficient (Wildman–Crippen LogP) is 1.36. The second kappa shape index (κ2) is 9.30. The van der Waals surface area contributed by atoms with Gasteiger partial charge in [0, 0.05) is 32.7 Å². The van der Waals surface area contributed by atoms with Crippen LogP contribution in [0, 0.1) is 5.92 Å². The molecule has 0 radical (unpaired) electrons. The van der Waals surface area contributed by atoms with Crippen molar-refractivity contribution in [2.75, 3.05) is 26.2 Å². The number of aliphatic hydroxyl groups excluding tert-OH is 1. The number of hydrogen-bond donors (Lipinski definition) is 2. The van der Waals surface area contributed by atoms with Gasteiger partial charge in [0.1, 0.15) is 0 Å². The summed E-state index contributed by atoms with van der Waals surface area (Å²) in [6.07, 6.45) is 3.49. The molecule has 126 valence electrons. The number of carbonyl (C=O) groups is 2. The summed E-state index contributed by atoms with van der Waals surface area (Å²) < 4.78 is 0. The van der Waals surface area contributed by atoms with Crippen LogP contribution in [0.3, 0.4) is 0 Å². The minimum Gasteiger partial charge on any atom is -0.396 e. The number of carbonyl (C=O) groups excluding carboxylic acids is 2. The number of aryl methyl sites for hydroxylation is 1. The summed E-state index contributed by atoms with van der Waals surface area (Å²) >= 11 is 0. The molecule has 5 nitrogen and oxygen atoms in total. The molecule has 1 aliphatic rings. The van der Waals surface area contributed by atoms with Crippen LogP contribution in [0.15, 0.2) is 30.3 Å². The first-order valence-corrected chi connectivity index (χ1v) is 8.41. The molecule has 0 aliphatic carbocycles. The van der Waals surface area contributed by atoms with Gasteiger partial charge in [0.05, 0.1) is 5.92 Å². The first-order chi connectivity index (χ1) is 11.2. The Hall–Kier alpha value is -1.88. The zero-order chi connectivity index (χ0) is 16.5. The van der Waals surface area contributed by atoms with E-state index in [1.165, 1.54) is 5.56 Å². The van der Waals surface area contributed by atoms with E-state index in [1.807, 2.05) is 23.1 Å². The van der Waals surface area contributed by atoms with E-state index in [1.54, 1.807) is 0 Å². The molecule has 0 saturated carbocycles. The summed E-state index contributed by atoms with van der Waals surface area (Å²) in [4.78, 5) is 25.9. The highest BCUT2D eigenvalue weighted by atomic mass is 16.3. The van der Waals surface area contributed by atoms with Crippen molar-refractivity contribution in [3.05, 3.63) is 35.9 Å². The van der Waals surface area contributed by atoms with Crippen molar-refractivity contribution >= 4 is 11.8 Å². The van der Waals surface area contributed by atoms with Gasteiger partial charge < -0.3 is 15.3 Å². The molecule has 1 aromatic carbocycles. The zero-order valence-electron chi connectivity index (χ0n) is 13.5. The molecule has 0 spiro atoms. The number of benzene rings is 1. The fraction of sp³-hybridized carbons (Fsp3) is 0.556. The third-order valence-electron chi connectivity index (χ3n) is 4.24. The lowest BCUT2D eigenvalue weighted by molar-refractivity contribution is -0.138. The molecular formula is C18H26N2O3. The molecule has 2 N–H and O–H groups in total. The molecule has 1 aliphatic heterocycles. The third-order valence-corrected chi connectivity index (χ3v) is 4.24. The minimum absolute atomic E-state index is 0.000917. The summed E-state index contributed by atoms with van der Waals surface area (Å²) in [5.41, 5.74) is 1.27. The standard InChI is InChI=1S/C18H26N2O3/c21-13-5-11-19-18(23)16-9-10-17(22)20(14-16)12-4-8-15-6-2-1-3-7-15/h1-3,6-7,16,21H,4-5,8-14H2,(H,19,23). The Kier molecular flexibility index (Phi) is 7.07. The first kappa shape index (κ1) is 17.5. The molecule has 0 aromatic heterocycles. The summed E-state index contributed by atoms with van der Waals surface area (Å²) in [5, 5.41) is 11.6. The van der Waals surface area contributed by atoms with Crippen LogP contribution < -0.4 is 5.32 Å². The number of piperidine rings is 1. The third kappa shape index (κ3) is 5.67. The van der Waals surface area contributed by atoms with E-state index in [4.69, 9.17) is 5.11 Å². The molecule has 23 heavy (non-hydrogen) atoms. The summed E-state index contributed by atoms with van der Waals surface area (Å²) in [7, 11) is 0. The Morgan fingerprint density at radius 2 is 2.04 bits per heavy atom. The topological polar surface area (TPSA) is 69.6 Å². The molecule has 1 aromatic rings. The fourth-order valence-electron chi connectivity index (χ4n) is 2.90. The molecule has 1 fully saturated rings. The second-order valence-corrected chi connectivity index (χ2v) is 6.03. The number of nitrogens with one attached hydrogen (secondary N) is 1. The second-order valence-electron chi connectivity index (χ2n) is 6.03. The van der Waals surface area contributed by atoms with Crippen LogP contribution in [0.1, 0.15) is 31.2 Å². The van der Waals surface area contributed by atoms with E-state index in [2.05, 4.69) is 17.4 Å². The van der Waals surface area contributed by atoms with Gasteiger partial charge in [-0.3, -0.25) is 9.59 Å². The molecule has 0 bridgehead atoms. The molecule has 2 rings (SSSR count). The maximum Gasteiger partial charge on any atom is 0.224 e. The van der Waals surface area contributed by atoms with E-state index < -0.39 is 0 Å². The number of hydrogen-bond acceptors (Lipinski definition) is 3. The number of amides is 2. The Morgan fingerprint density at radius 1 is 1.26 bits per heavy atom. The molecule has 1 saturated heterocycles. The van der Waals surface area contributed by atoms with Gasteiger partial charge in [-0.1, -0.05) is 30.3 Å². The Labute approximate surface area is 137 Å². The number of rotatable bonds is 8. The highest BCUT2D eigenvalue weighted by Gasteiger charge is 2.29. The summed E-state index contributed by atoms with van der Waals surface area (Å²) in [6, 6.07) is 10.2. The van der Waals surface area contributed by atoms with E-state index in [9.17, 15) is 9.59 Å². The van der Waals surface area contributed by atoms with Crippen LogP contribution in [-0.2, 0) is 16.0 Å². The number of aliphatic hydroxyl groups is 1. The molecule has 2 amide bonds. The molecule has 1 heterocycles. The largest absolute Gasteiger partial charge is 0.396 e. The van der Waals surface area contributed by atoms with E-state index in [0.717, 1.165) is 12.8 Å². The van der Waals surface area contributed by atoms with Gasteiger partial charge in [-0.25, -0.2) is 0 Å². The lowest BCUT2D eigenvalue weighted by atomic mass is 9.96. The van der Waals surface area contributed by atoms with Crippen molar-refractivity contribution in [3.63, 3.8) is 0 Å². The van der Waals surface area contributed by atoms with Gasteiger partial charge in [-0.05, 0) is 31.2 Å².